The maximum atomic E-state index is 13.6. The summed E-state index contributed by atoms with van der Waals surface area (Å²) in [4.78, 5) is 24.5. The molecule has 0 heterocycles. The average Bonchev–Trinajstić information content (AvgIpc) is 2.56. The van der Waals surface area contributed by atoms with Crippen LogP contribution in [-0.4, -0.2) is 25.0 Å². The van der Waals surface area contributed by atoms with Gasteiger partial charge in [-0.3, -0.25) is 9.59 Å². The zero-order valence-corrected chi connectivity index (χ0v) is 14.7. The van der Waals surface area contributed by atoms with Gasteiger partial charge in [-0.1, -0.05) is 28.1 Å². The van der Waals surface area contributed by atoms with Gasteiger partial charge in [0.25, 0.3) is 5.91 Å². The van der Waals surface area contributed by atoms with E-state index in [9.17, 15) is 14.0 Å². The summed E-state index contributed by atoms with van der Waals surface area (Å²) in [6.07, 6.45) is 0. The van der Waals surface area contributed by atoms with Gasteiger partial charge in [-0.25, -0.2) is 4.39 Å². The number of nitrogens with one attached hydrogen (secondary N) is 2. The van der Waals surface area contributed by atoms with Crippen LogP contribution in [-0.2, 0) is 4.79 Å². The number of halogens is 2. The van der Waals surface area contributed by atoms with Crippen LogP contribution in [0.5, 0.6) is 5.75 Å². The highest BCUT2D eigenvalue weighted by Crippen LogP contribution is 2.23. The first-order valence-corrected chi connectivity index (χ1v) is 7.91. The zero-order valence-electron chi connectivity index (χ0n) is 13.1. The summed E-state index contributed by atoms with van der Waals surface area (Å²) in [6, 6.07) is 9.93. The third-order valence-corrected chi connectivity index (χ3v) is 3.77. The Morgan fingerprint density at radius 2 is 1.92 bits per heavy atom. The van der Waals surface area contributed by atoms with Crippen molar-refractivity contribution in [1.29, 1.82) is 0 Å². The lowest BCUT2D eigenvalue weighted by Crippen LogP contribution is -2.41. The number of rotatable bonds is 5. The molecule has 7 heteroatoms. The van der Waals surface area contributed by atoms with Crippen LogP contribution in [0.25, 0.3) is 0 Å². The van der Waals surface area contributed by atoms with Crippen LogP contribution in [0, 0.1) is 5.82 Å². The Kier molecular flexibility index (Phi) is 5.92. The monoisotopic (exact) mass is 394 g/mol. The van der Waals surface area contributed by atoms with Gasteiger partial charge in [-0.05, 0) is 37.3 Å². The van der Waals surface area contributed by atoms with E-state index in [-0.39, 0.29) is 11.3 Å². The summed E-state index contributed by atoms with van der Waals surface area (Å²) in [6.45, 7) is 1.51. The Bertz CT molecular complexity index is 767. The van der Waals surface area contributed by atoms with Crippen LogP contribution < -0.4 is 15.4 Å². The van der Waals surface area contributed by atoms with Gasteiger partial charge in [-0.2, -0.15) is 0 Å². The van der Waals surface area contributed by atoms with Gasteiger partial charge in [0.1, 0.15) is 17.6 Å². The van der Waals surface area contributed by atoms with Crippen molar-refractivity contribution in [2.75, 3.05) is 12.4 Å². The number of amides is 2. The Labute approximate surface area is 147 Å². The minimum Gasteiger partial charge on any atom is -0.496 e. The fourth-order valence-electron chi connectivity index (χ4n) is 2.00. The summed E-state index contributed by atoms with van der Waals surface area (Å²) >= 11 is 3.28. The van der Waals surface area contributed by atoms with Gasteiger partial charge < -0.3 is 15.4 Å². The second-order valence-electron chi connectivity index (χ2n) is 5.01. The van der Waals surface area contributed by atoms with Crippen LogP contribution >= 0.6 is 15.9 Å². The molecule has 2 amide bonds. The molecule has 1 atom stereocenters. The highest BCUT2D eigenvalue weighted by atomic mass is 79.9. The number of hydrogen-bond acceptors (Lipinski definition) is 3. The number of ether oxygens (including phenoxy) is 1. The largest absolute Gasteiger partial charge is 0.496 e. The Balaban J connectivity index is 2.07. The number of carbonyl (C=O) groups excluding carboxylic acids is 2. The first-order valence-electron chi connectivity index (χ1n) is 7.12. The Hall–Kier alpha value is -2.41. The SMILES string of the molecule is COc1ccc(Br)cc1C(=O)NC(C)C(=O)Nc1ccccc1F. The van der Waals surface area contributed by atoms with Crippen molar-refractivity contribution in [2.24, 2.45) is 0 Å². The molecule has 24 heavy (non-hydrogen) atoms. The molecule has 2 rings (SSSR count). The fourth-order valence-corrected chi connectivity index (χ4v) is 2.36. The van der Waals surface area contributed by atoms with Crippen molar-refractivity contribution in [3.8, 4) is 5.75 Å². The molecule has 2 aromatic rings. The molecule has 5 nitrogen and oxygen atoms in total. The maximum absolute atomic E-state index is 13.6. The predicted octanol–water partition coefficient (Wildman–Crippen LogP) is 3.35. The lowest BCUT2D eigenvalue weighted by molar-refractivity contribution is -0.117. The molecule has 2 N–H and O–H groups in total. The van der Waals surface area contributed by atoms with Gasteiger partial charge in [0.2, 0.25) is 5.91 Å². The van der Waals surface area contributed by atoms with E-state index in [1.165, 1.54) is 32.2 Å². The van der Waals surface area contributed by atoms with Crippen molar-refractivity contribution in [3.63, 3.8) is 0 Å². The Morgan fingerprint density at radius 3 is 2.58 bits per heavy atom. The molecule has 0 aromatic heterocycles. The summed E-state index contributed by atoms with van der Waals surface area (Å²) in [7, 11) is 1.45. The first kappa shape index (κ1) is 17.9. The highest BCUT2D eigenvalue weighted by molar-refractivity contribution is 9.10. The lowest BCUT2D eigenvalue weighted by atomic mass is 10.1. The van der Waals surface area contributed by atoms with E-state index in [1.807, 2.05) is 0 Å². The number of benzene rings is 2. The van der Waals surface area contributed by atoms with Crippen molar-refractivity contribution < 1.29 is 18.7 Å². The smallest absolute Gasteiger partial charge is 0.255 e. The molecule has 0 aliphatic rings. The molecule has 0 saturated carbocycles. The molecule has 0 radical (unpaired) electrons. The van der Waals surface area contributed by atoms with E-state index < -0.39 is 23.7 Å². The minimum atomic E-state index is -0.860. The standard InChI is InChI=1S/C17H16BrFN2O3/c1-10(16(22)21-14-6-4-3-5-13(14)19)20-17(23)12-9-11(18)7-8-15(12)24-2/h3-10H,1-2H3,(H,20,23)(H,21,22). The van der Waals surface area contributed by atoms with Crippen LogP contribution in [0.15, 0.2) is 46.9 Å². The Morgan fingerprint density at radius 1 is 1.21 bits per heavy atom. The molecule has 0 aliphatic carbocycles. The molecule has 0 bridgehead atoms. The van der Waals surface area contributed by atoms with Crippen molar-refractivity contribution in [3.05, 3.63) is 58.3 Å². The zero-order chi connectivity index (χ0) is 17.7. The van der Waals surface area contributed by atoms with Crippen LogP contribution in [0.3, 0.4) is 0 Å². The van der Waals surface area contributed by atoms with Gasteiger partial charge in [0.15, 0.2) is 0 Å². The number of carbonyl (C=O) groups is 2. The topological polar surface area (TPSA) is 67.4 Å². The quantitative estimate of drug-likeness (QED) is 0.816. The molecule has 0 fully saturated rings. The van der Waals surface area contributed by atoms with Gasteiger partial charge in [0, 0.05) is 4.47 Å². The van der Waals surface area contributed by atoms with Gasteiger partial charge in [0.05, 0.1) is 18.4 Å². The number of hydrogen-bond donors (Lipinski definition) is 2. The van der Waals surface area contributed by atoms with E-state index in [1.54, 1.807) is 24.3 Å². The minimum absolute atomic E-state index is 0.0589. The van der Waals surface area contributed by atoms with Gasteiger partial charge in [-0.15, -0.1) is 0 Å². The lowest BCUT2D eigenvalue weighted by Gasteiger charge is -2.16. The van der Waals surface area contributed by atoms with Crippen LogP contribution in [0.1, 0.15) is 17.3 Å². The summed E-state index contributed by atoms with van der Waals surface area (Å²) in [5, 5.41) is 5.00. The van der Waals surface area contributed by atoms with Crippen molar-refractivity contribution in [1.82, 2.24) is 5.32 Å². The molecule has 1 unspecified atom stereocenters. The molecular formula is C17H16BrFN2O3. The first-order chi connectivity index (χ1) is 11.4. The molecule has 0 spiro atoms. The van der Waals surface area contributed by atoms with E-state index >= 15 is 0 Å². The van der Waals surface area contributed by atoms with Crippen LogP contribution in [0.2, 0.25) is 0 Å². The molecule has 2 aromatic carbocycles. The number of methoxy groups -OCH3 is 1. The van der Waals surface area contributed by atoms with E-state index in [4.69, 9.17) is 4.74 Å². The van der Waals surface area contributed by atoms with E-state index in [2.05, 4.69) is 26.6 Å². The molecule has 0 saturated heterocycles. The second-order valence-corrected chi connectivity index (χ2v) is 5.92. The maximum Gasteiger partial charge on any atom is 0.255 e. The average molecular weight is 395 g/mol. The van der Waals surface area contributed by atoms with E-state index in [0.29, 0.717) is 10.2 Å². The van der Waals surface area contributed by atoms with E-state index in [0.717, 1.165) is 0 Å². The highest BCUT2D eigenvalue weighted by Gasteiger charge is 2.20. The molecular weight excluding hydrogens is 379 g/mol. The molecule has 0 aliphatic heterocycles. The third kappa shape index (κ3) is 4.32. The third-order valence-electron chi connectivity index (χ3n) is 3.28. The van der Waals surface area contributed by atoms with Crippen molar-refractivity contribution in [2.45, 2.75) is 13.0 Å². The van der Waals surface area contributed by atoms with Gasteiger partial charge >= 0.3 is 0 Å². The second kappa shape index (κ2) is 7.92. The summed E-state index contributed by atoms with van der Waals surface area (Å²) in [5.74, 6) is -1.15. The predicted molar refractivity (Wildman–Crippen MR) is 92.7 cm³/mol. The normalized spacial score (nSPS) is 11.5. The molecule has 126 valence electrons. The van der Waals surface area contributed by atoms with Crippen LogP contribution in [0.4, 0.5) is 10.1 Å². The summed E-state index contributed by atoms with van der Waals surface area (Å²) in [5.41, 5.74) is 0.348. The number of anilines is 1. The summed E-state index contributed by atoms with van der Waals surface area (Å²) < 4.78 is 19.4. The number of para-hydroxylation sites is 1. The van der Waals surface area contributed by atoms with Crippen molar-refractivity contribution >= 4 is 33.4 Å². The fraction of sp³-hybridized carbons (Fsp3) is 0.176.